The zero-order chi connectivity index (χ0) is 20.0. The maximum Gasteiger partial charge on any atom is 0.193 e. The third-order valence-electron chi connectivity index (χ3n) is 5.14. The number of hydrogen-bond acceptors (Lipinski definition) is 4. The molecule has 0 heterocycles. The van der Waals surface area contributed by atoms with Gasteiger partial charge >= 0.3 is 0 Å². The minimum atomic E-state index is -1.96. The highest BCUT2D eigenvalue weighted by Gasteiger charge is 2.40. The molecule has 1 aromatic carbocycles. The standard InChI is InChI=1S/C21H36O4Si/c1-16(14-24-15-18-9-11-19(23-6)12-10-18)13-20(17(2)22)25-26(7,8)21(3,4)5/h9-12,16,20H,13-15H2,1-8H3/t16-,20-/m0/s1. The molecule has 0 fully saturated rings. The highest BCUT2D eigenvalue weighted by molar-refractivity contribution is 6.74. The average molecular weight is 381 g/mol. The number of methoxy groups -OCH3 is 1. The van der Waals surface area contributed by atoms with E-state index in [4.69, 9.17) is 13.9 Å². The highest BCUT2D eigenvalue weighted by Crippen LogP contribution is 2.38. The number of ether oxygens (including phenoxy) is 2. The zero-order valence-corrected chi connectivity index (χ0v) is 18.7. The van der Waals surface area contributed by atoms with Crippen LogP contribution in [0.5, 0.6) is 5.75 Å². The first kappa shape index (κ1) is 22.9. The van der Waals surface area contributed by atoms with Crippen LogP contribution >= 0.6 is 0 Å². The quantitative estimate of drug-likeness (QED) is 0.522. The van der Waals surface area contributed by atoms with Crippen LogP contribution in [0.4, 0.5) is 0 Å². The van der Waals surface area contributed by atoms with Gasteiger partial charge < -0.3 is 13.9 Å². The number of benzene rings is 1. The van der Waals surface area contributed by atoms with E-state index in [9.17, 15) is 4.79 Å². The number of hydrogen-bond donors (Lipinski definition) is 0. The molecule has 1 aromatic rings. The van der Waals surface area contributed by atoms with Gasteiger partial charge in [-0.05, 0) is 55.1 Å². The van der Waals surface area contributed by atoms with Gasteiger partial charge in [-0.3, -0.25) is 4.79 Å². The molecule has 0 amide bonds. The molecule has 26 heavy (non-hydrogen) atoms. The number of rotatable bonds is 10. The minimum Gasteiger partial charge on any atom is -0.497 e. The van der Waals surface area contributed by atoms with Gasteiger partial charge in [0.2, 0.25) is 0 Å². The van der Waals surface area contributed by atoms with E-state index in [0.29, 0.717) is 19.6 Å². The SMILES string of the molecule is COc1ccc(COC[C@@H](C)C[C@H](O[Si](C)(C)C(C)(C)C)C(C)=O)cc1. The highest BCUT2D eigenvalue weighted by atomic mass is 28.4. The summed E-state index contributed by atoms with van der Waals surface area (Å²) in [4.78, 5) is 12.1. The van der Waals surface area contributed by atoms with Gasteiger partial charge in [0, 0.05) is 6.61 Å². The van der Waals surface area contributed by atoms with Gasteiger partial charge in [0.15, 0.2) is 14.1 Å². The summed E-state index contributed by atoms with van der Waals surface area (Å²) >= 11 is 0. The van der Waals surface area contributed by atoms with Crippen molar-refractivity contribution < 1.29 is 18.7 Å². The lowest BCUT2D eigenvalue weighted by atomic mass is 10.0. The van der Waals surface area contributed by atoms with Crippen molar-refractivity contribution in [3.63, 3.8) is 0 Å². The second-order valence-corrected chi connectivity index (χ2v) is 13.4. The molecule has 0 saturated heterocycles. The van der Waals surface area contributed by atoms with E-state index >= 15 is 0 Å². The van der Waals surface area contributed by atoms with Crippen LogP contribution in [0.2, 0.25) is 18.1 Å². The molecule has 0 bridgehead atoms. The molecule has 0 aliphatic carbocycles. The summed E-state index contributed by atoms with van der Waals surface area (Å²) in [6.45, 7) is 15.9. The van der Waals surface area contributed by atoms with E-state index in [1.165, 1.54) is 0 Å². The number of Topliss-reactive ketones (excluding diaryl/α,β-unsaturated/α-hetero) is 1. The van der Waals surface area contributed by atoms with Gasteiger partial charge in [-0.25, -0.2) is 0 Å². The first-order valence-corrected chi connectivity index (χ1v) is 12.3. The third-order valence-corrected chi connectivity index (χ3v) is 9.63. The fraction of sp³-hybridized carbons (Fsp3) is 0.667. The molecule has 0 spiro atoms. The Morgan fingerprint density at radius 2 is 1.73 bits per heavy atom. The predicted molar refractivity (Wildman–Crippen MR) is 109 cm³/mol. The van der Waals surface area contributed by atoms with Crippen molar-refractivity contribution in [1.29, 1.82) is 0 Å². The van der Waals surface area contributed by atoms with Crippen LogP contribution in [0.1, 0.15) is 46.6 Å². The van der Waals surface area contributed by atoms with E-state index in [-0.39, 0.29) is 22.8 Å². The molecule has 2 atom stereocenters. The van der Waals surface area contributed by atoms with Crippen molar-refractivity contribution in [2.75, 3.05) is 13.7 Å². The maximum atomic E-state index is 12.1. The molecule has 1 rings (SSSR count). The van der Waals surface area contributed by atoms with Crippen LogP contribution in [0.15, 0.2) is 24.3 Å². The summed E-state index contributed by atoms with van der Waals surface area (Å²) in [6.07, 6.45) is 0.361. The van der Waals surface area contributed by atoms with Crippen molar-refractivity contribution in [1.82, 2.24) is 0 Å². The lowest BCUT2D eigenvalue weighted by Gasteiger charge is -2.39. The van der Waals surface area contributed by atoms with Gasteiger partial charge in [-0.2, -0.15) is 0 Å². The van der Waals surface area contributed by atoms with E-state index in [1.54, 1.807) is 14.0 Å². The number of ketones is 1. The Kier molecular flexibility index (Phi) is 8.51. The van der Waals surface area contributed by atoms with Gasteiger partial charge in [-0.15, -0.1) is 0 Å². The van der Waals surface area contributed by atoms with Crippen molar-refractivity contribution in [3.8, 4) is 5.75 Å². The van der Waals surface area contributed by atoms with Crippen molar-refractivity contribution in [2.24, 2.45) is 5.92 Å². The molecule has 148 valence electrons. The summed E-state index contributed by atoms with van der Waals surface area (Å²) < 4.78 is 17.3. The van der Waals surface area contributed by atoms with Crippen molar-refractivity contribution in [3.05, 3.63) is 29.8 Å². The molecule has 5 heteroatoms. The third kappa shape index (κ3) is 7.21. The molecule has 0 radical (unpaired) electrons. The normalized spacial score (nSPS) is 14.8. The summed E-state index contributed by atoms with van der Waals surface area (Å²) in [5, 5.41) is 0.0921. The van der Waals surface area contributed by atoms with E-state index in [1.807, 2.05) is 24.3 Å². The van der Waals surface area contributed by atoms with Gasteiger partial charge in [-0.1, -0.05) is 39.8 Å². The molecule has 0 aliphatic rings. The molecule has 0 aliphatic heterocycles. The Hall–Kier alpha value is -1.17. The fourth-order valence-corrected chi connectivity index (χ4v) is 3.69. The van der Waals surface area contributed by atoms with E-state index < -0.39 is 8.32 Å². The Labute approximate surface area is 160 Å². The van der Waals surface area contributed by atoms with Gasteiger partial charge in [0.1, 0.15) is 11.9 Å². The van der Waals surface area contributed by atoms with Gasteiger partial charge in [0.25, 0.3) is 0 Å². The molecule has 4 nitrogen and oxygen atoms in total. The molecule has 0 aromatic heterocycles. The predicted octanol–water partition coefficient (Wildman–Crippen LogP) is 5.22. The van der Waals surface area contributed by atoms with Crippen LogP contribution in [0, 0.1) is 5.92 Å². The number of carbonyl (C=O) groups excluding carboxylic acids is 1. The Morgan fingerprint density at radius 1 is 1.15 bits per heavy atom. The van der Waals surface area contributed by atoms with Gasteiger partial charge in [0.05, 0.1) is 13.7 Å². The molecule has 0 saturated carbocycles. The van der Waals surface area contributed by atoms with E-state index in [0.717, 1.165) is 11.3 Å². The van der Waals surface area contributed by atoms with Crippen molar-refractivity contribution >= 4 is 14.1 Å². The topological polar surface area (TPSA) is 44.8 Å². The zero-order valence-electron chi connectivity index (χ0n) is 17.7. The lowest BCUT2D eigenvalue weighted by Crippen LogP contribution is -2.46. The second kappa shape index (κ2) is 9.67. The summed E-state index contributed by atoms with van der Waals surface area (Å²) in [6, 6.07) is 7.87. The Morgan fingerprint density at radius 3 is 2.19 bits per heavy atom. The first-order valence-electron chi connectivity index (χ1n) is 9.35. The second-order valence-electron chi connectivity index (χ2n) is 8.68. The van der Waals surface area contributed by atoms with Crippen LogP contribution < -0.4 is 4.74 Å². The van der Waals surface area contributed by atoms with Crippen molar-refractivity contribution in [2.45, 2.75) is 71.9 Å². The largest absolute Gasteiger partial charge is 0.497 e. The lowest BCUT2D eigenvalue weighted by molar-refractivity contribution is -0.125. The molecule has 0 N–H and O–H groups in total. The van der Waals surface area contributed by atoms with E-state index in [2.05, 4.69) is 40.8 Å². The summed E-state index contributed by atoms with van der Waals surface area (Å²) in [7, 11) is -0.307. The summed E-state index contributed by atoms with van der Waals surface area (Å²) in [5.41, 5.74) is 1.11. The van der Waals surface area contributed by atoms with Crippen LogP contribution in [-0.4, -0.2) is 33.9 Å². The Balaban J connectivity index is 2.51. The molecular weight excluding hydrogens is 344 g/mol. The number of carbonyl (C=O) groups is 1. The Bertz CT molecular complexity index is 560. The fourth-order valence-electron chi connectivity index (χ4n) is 2.36. The monoisotopic (exact) mass is 380 g/mol. The first-order chi connectivity index (χ1) is 12.0. The molecule has 0 unspecified atom stereocenters. The smallest absolute Gasteiger partial charge is 0.193 e. The van der Waals surface area contributed by atoms with Crippen LogP contribution in [0.3, 0.4) is 0 Å². The minimum absolute atomic E-state index is 0.0921. The average Bonchev–Trinajstić information content (AvgIpc) is 2.53. The molecular formula is C21H36O4Si. The maximum absolute atomic E-state index is 12.1. The summed E-state index contributed by atoms with van der Waals surface area (Å²) in [5.74, 6) is 1.21. The van der Waals surface area contributed by atoms with Crippen LogP contribution in [-0.2, 0) is 20.6 Å². The van der Waals surface area contributed by atoms with Crippen LogP contribution in [0.25, 0.3) is 0 Å².